The molecule has 0 bridgehead atoms. The molecular weight excluding hydrogens is 253 g/mol. The highest BCUT2D eigenvalue weighted by Crippen LogP contribution is 2.37. The van der Waals surface area contributed by atoms with E-state index in [1.54, 1.807) is 0 Å². The summed E-state index contributed by atoms with van der Waals surface area (Å²) in [7, 11) is -2.32. The smallest absolute Gasteiger partial charge is 0.156 e. The van der Waals surface area contributed by atoms with Crippen LogP contribution in [0.2, 0.25) is 0 Å². The van der Waals surface area contributed by atoms with Crippen molar-refractivity contribution in [2.45, 2.75) is 3.79 Å². The van der Waals surface area contributed by atoms with Crippen LogP contribution in [0.3, 0.4) is 0 Å². The van der Waals surface area contributed by atoms with E-state index in [4.69, 9.17) is 39.7 Å². The molecule has 1 N–H and O–H groups in total. The molecule has 0 spiro atoms. The van der Waals surface area contributed by atoms with Crippen LogP contribution >= 0.6 is 42.8 Å². The second-order valence-corrected chi connectivity index (χ2v) is 5.66. The first-order chi connectivity index (χ1) is 5.91. The van der Waals surface area contributed by atoms with Crippen molar-refractivity contribution < 1.29 is 9.46 Å². The third-order valence-corrected chi connectivity index (χ3v) is 2.81. The lowest BCUT2D eigenvalue weighted by Crippen LogP contribution is -2.03. The maximum absolute atomic E-state index is 10.6. The Morgan fingerprint density at radius 1 is 1.15 bits per heavy atom. The lowest BCUT2D eigenvalue weighted by Gasteiger charge is -2.09. The van der Waals surface area contributed by atoms with E-state index >= 15 is 0 Å². The molecule has 0 fully saturated rings. The molecule has 6 heteroatoms. The van der Waals surface area contributed by atoms with Crippen molar-refractivity contribution in [3.05, 3.63) is 29.8 Å². The Kier molecular flexibility index (Phi) is 3.56. The maximum atomic E-state index is 10.6. The van der Waals surface area contributed by atoms with Crippen molar-refractivity contribution >= 4 is 48.1 Å². The molecule has 1 rings (SSSR count). The Labute approximate surface area is 91.3 Å². The van der Waals surface area contributed by atoms with Crippen LogP contribution in [0, 0.1) is 0 Å². The maximum Gasteiger partial charge on any atom is 0.546 e. The number of benzene rings is 1. The first-order valence-corrected chi connectivity index (χ1v) is 5.59. The van der Waals surface area contributed by atoms with Crippen LogP contribution in [0.25, 0.3) is 0 Å². The molecule has 1 unspecified atom stereocenters. The van der Waals surface area contributed by atoms with Gasteiger partial charge < -0.3 is 0 Å². The molecule has 1 atom stereocenters. The second kappa shape index (κ2) is 4.12. The molecule has 0 heterocycles. The van der Waals surface area contributed by atoms with Gasteiger partial charge in [-0.25, -0.2) is 0 Å². The highest BCUT2D eigenvalue weighted by atomic mass is 35.6. The van der Waals surface area contributed by atoms with Crippen LogP contribution in [0.1, 0.15) is 5.56 Å². The van der Waals surface area contributed by atoms with Gasteiger partial charge in [-0.05, 0) is 16.7 Å². The fourth-order valence-electron chi connectivity index (χ4n) is 0.778. The molecule has 0 aromatic heterocycles. The molecule has 0 saturated carbocycles. The number of hydrogen-bond donors (Lipinski definition) is 1. The Morgan fingerprint density at radius 3 is 1.92 bits per heavy atom. The van der Waals surface area contributed by atoms with E-state index in [1.165, 1.54) is 24.3 Å². The van der Waals surface area contributed by atoms with E-state index in [0.717, 1.165) is 0 Å². The van der Waals surface area contributed by atoms with Gasteiger partial charge in [0, 0.05) is 5.56 Å². The predicted octanol–water partition coefficient (Wildman–Crippen LogP) is 2.87. The zero-order valence-corrected chi connectivity index (χ0v) is 9.41. The zero-order valence-electron chi connectivity index (χ0n) is 6.25. The molecule has 0 radical (unpaired) electrons. The average Bonchev–Trinajstić information content (AvgIpc) is 2.03. The SMILES string of the molecule is O=[P+](O)c1ccc(C(Cl)(Cl)Cl)cc1. The quantitative estimate of drug-likeness (QED) is 0.621. The van der Waals surface area contributed by atoms with Gasteiger partial charge >= 0.3 is 8.03 Å². The fraction of sp³-hybridized carbons (Fsp3) is 0.143. The number of alkyl halides is 3. The minimum Gasteiger partial charge on any atom is -0.156 e. The number of hydrogen-bond acceptors (Lipinski definition) is 1. The van der Waals surface area contributed by atoms with Crippen LogP contribution in [0.15, 0.2) is 24.3 Å². The standard InChI is InChI=1S/C7H4Cl3O2P/c8-7(9,10)5-1-3-6(4-2-5)13(11)12/h1-4H/p+1. The Balaban J connectivity index is 3.01. The summed E-state index contributed by atoms with van der Waals surface area (Å²) in [6.07, 6.45) is 0. The topological polar surface area (TPSA) is 37.3 Å². The van der Waals surface area contributed by atoms with Crippen molar-refractivity contribution in [2.24, 2.45) is 0 Å². The van der Waals surface area contributed by atoms with Gasteiger partial charge in [-0.3, -0.25) is 0 Å². The summed E-state index contributed by atoms with van der Waals surface area (Å²) in [5.41, 5.74) is 0.470. The summed E-state index contributed by atoms with van der Waals surface area (Å²) in [6, 6.07) is 5.92. The monoisotopic (exact) mass is 257 g/mol. The van der Waals surface area contributed by atoms with Crippen molar-refractivity contribution in [2.75, 3.05) is 0 Å². The first-order valence-electron chi connectivity index (χ1n) is 3.24. The van der Waals surface area contributed by atoms with E-state index in [0.29, 0.717) is 10.9 Å². The lowest BCUT2D eigenvalue weighted by atomic mass is 10.2. The van der Waals surface area contributed by atoms with Crippen molar-refractivity contribution in [3.63, 3.8) is 0 Å². The normalized spacial score (nSPS) is 12.8. The predicted molar refractivity (Wildman–Crippen MR) is 55.1 cm³/mol. The highest BCUT2D eigenvalue weighted by molar-refractivity contribution is 7.47. The molecule has 2 nitrogen and oxygen atoms in total. The molecule has 13 heavy (non-hydrogen) atoms. The van der Waals surface area contributed by atoms with Gasteiger partial charge in [0.15, 0.2) is 0 Å². The second-order valence-electron chi connectivity index (χ2n) is 2.32. The number of halogens is 3. The minimum atomic E-state index is -2.32. The molecule has 0 aliphatic carbocycles. The third kappa shape index (κ3) is 3.08. The average molecular weight is 258 g/mol. The van der Waals surface area contributed by atoms with Gasteiger partial charge in [0.2, 0.25) is 9.10 Å². The molecule has 0 amide bonds. The van der Waals surface area contributed by atoms with Gasteiger partial charge in [0.1, 0.15) is 0 Å². The lowest BCUT2D eigenvalue weighted by molar-refractivity contribution is 0.513. The van der Waals surface area contributed by atoms with Crippen LogP contribution < -0.4 is 5.30 Å². The summed E-state index contributed by atoms with van der Waals surface area (Å²) in [5.74, 6) is 0. The summed E-state index contributed by atoms with van der Waals surface area (Å²) < 4.78 is 9.12. The number of rotatable bonds is 1. The largest absolute Gasteiger partial charge is 0.546 e. The summed E-state index contributed by atoms with van der Waals surface area (Å²) in [5, 5.41) is 0.313. The molecule has 0 saturated heterocycles. The van der Waals surface area contributed by atoms with Crippen LogP contribution in [-0.2, 0) is 8.36 Å². The van der Waals surface area contributed by atoms with Gasteiger partial charge in [-0.15, -0.1) is 0 Å². The van der Waals surface area contributed by atoms with E-state index in [1.807, 2.05) is 0 Å². The Hall–Kier alpha value is 0.150. The van der Waals surface area contributed by atoms with Gasteiger partial charge in [-0.2, -0.15) is 4.89 Å². The van der Waals surface area contributed by atoms with Crippen molar-refractivity contribution in [1.29, 1.82) is 0 Å². The molecule has 0 aliphatic heterocycles. The van der Waals surface area contributed by atoms with E-state index in [9.17, 15) is 4.57 Å². The summed E-state index contributed by atoms with van der Waals surface area (Å²) in [4.78, 5) is 8.73. The van der Waals surface area contributed by atoms with Crippen molar-refractivity contribution in [1.82, 2.24) is 0 Å². The van der Waals surface area contributed by atoms with E-state index in [-0.39, 0.29) is 0 Å². The molecule has 1 aromatic carbocycles. The Morgan fingerprint density at radius 2 is 1.62 bits per heavy atom. The molecule has 1 aromatic rings. The highest BCUT2D eigenvalue weighted by Gasteiger charge is 2.24. The first kappa shape index (κ1) is 11.2. The minimum absolute atomic E-state index is 0.313. The van der Waals surface area contributed by atoms with Crippen molar-refractivity contribution in [3.8, 4) is 0 Å². The van der Waals surface area contributed by atoms with Crippen LogP contribution in [-0.4, -0.2) is 4.89 Å². The van der Waals surface area contributed by atoms with Crippen LogP contribution in [0.5, 0.6) is 0 Å². The fourth-order valence-corrected chi connectivity index (χ4v) is 1.56. The molecule has 70 valence electrons. The summed E-state index contributed by atoms with van der Waals surface area (Å²) in [6.45, 7) is 0. The van der Waals surface area contributed by atoms with E-state index in [2.05, 4.69) is 0 Å². The van der Waals surface area contributed by atoms with Crippen LogP contribution in [0.4, 0.5) is 0 Å². The summed E-state index contributed by atoms with van der Waals surface area (Å²) >= 11 is 16.8. The van der Waals surface area contributed by atoms with Gasteiger partial charge in [-0.1, -0.05) is 46.9 Å². The zero-order chi connectivity index (χ0) is 10.1. The van der Waals surface area contributed by atoms with Gasteiger partial charge in [0.05, 0.1) is 0 Å². The van der Waals surface area contributed by atoms with Gasteiger partial charge in [0.25, 0.3) is 0 Å². The third-order valence-electron chi connectivity index (χ3n) is 1.42. The Bertz CT molecular complexity index is 318. The van der Waals surface area contributed by atoms with E-state index < -0.39 is 11.8 Å². The molecular formula is C7H5Cl3O2P+. The molecule has 0 aliphatic rings.